The highest BCUT2D eigenvalue weighted by molar-refractivity contribution is 7.09. The minimum absolute atomic E-state index is 0.188. The van der Waals surface area contributed by atoms with Gasteiger partial charge in [0.05, 0.1) is 18.8 Å². The molecule has 1 heterocycles. The van der Waals surface area contributed by atoms with Crippen molar-refractivity contribution in [2.45, 2.75) is 25.8 Å². The summed E-state index contributed by atoms with van der Waals surface area (Å²) in [4.78, 5) is 4.59. The lowest BCUT2D eigenvalue weighted by molar-refractivity contribution is 0.0952. The Balaban J connectivity index is 2.83. The number of ether oxygens (including phenoxy) is 2. The standard InChI is InChI=1S/C12H22N2O2S/c1-5-12(9-16-4,13-6-7-15-3)11-14-10(2)8-17-11/h8,13H,5-7,9H2,1-4H3. The van der Waals surface area contributed by atoms with Crippen LogP contribution in [0.15, 0.2) is 5.38 Å². The third-order valence-electron chi connectivity index (χ3n) is 2.79. The number of rotatable bonds is 8. The van der Waals surface area contributed by atoms with Crippen molar-refractivity contribution in [2.24, 2.45) is 0 Å². The van der Waals surface area contributed by atoms with Gasteiger partial charge in [-0.2, -0.15) is 0 Å². The van der Waals surface area contributed by atoms with E-state index in [-0.39, 0.29) is 5.54 Å². The number of aromatic nitrogens is 1. The Morgan fingerprint density at radius 1 is 1.41 bits per heavy atom. The first-order valence-electron chi connectivity index (χ1n) is 5.84. The van der Waals surface area contributed by atoms with E-state index in [2.05, 4.69) is 22.6 Å². The molecule has 0 amide bonds. The maximum atomic E-state index is 5.36. The number of hydrogen-bond donors (Lipinski definition) is 1. The van der Waals surface area contributed by atoms with Crippen LogP contribution in [0.2, 0.25) is 0 Å². The Kier molecular flexibility index (Phi) is 6.05. The van der Waals surface area contributed by atoms with Gasteiger partial charge in [0.2, 0.25) is 0 Å². The third-order valence-corrected chi connectivity index (χ3v) is 3.96. The molecule has 0 spiro atoms. The van der Waals surface area contributed by atoms with Gasteiger partial charge >= 0.3 is 0 Å². The van der Waals surface area contributed by atoms with Gasteiger partial charge in [-0.15, -0.1) is 11.3 Å². The van der Waals surface area contributed by atoms with E-state index < -0.39 is 0 Å². The maximum absolute atomic E-state index is 5.36. The van der Waals surface area contributed by atoms with Gasteiger partial charge in [-0.05, 0) is 13.3 Å². The summed E-state index contributed by atoms with van der Waals surface area (Å²) < 4.78 is 10.4. The van der Waals surface area contributed by atoms with Gasteiger partial charge in [-0.3, -0.25) is 0 Å². The van der Waals surface area contributed by atoms with Gasteiger partial charge in [0, 0.05) is 31.8 Å². The average molecular weight is 258 g/mol. The molecule has 17 heavy (non-hydrogen) atoms. The second kappa shape index (κ2) is 7.06. The molecule has 0 saturated heterocycles. The van der Waals surface area contributed by atoms with Crippen LogP contribution in [0.1, 0.15) is 24.0 Å². The van der Waals surface area contributed by atoms with Gasteiger partial charge in [-0.1, -0.05) is 6.92 Å². The molecule has 0 aliphatic rings. The second-order valence-electron chi connectivity index (χ2n) is 4.08. The quantitative estimate of drug-likeness (QED) is 0.724. The van der Waals surface area contributed by atoms with E-state index >= 15 is 0 Å². The molecule has 0 bridgehead atoms. The Hall–Kier alpha value is -0.490. The van der Waals surface area contributed by atoms with E-state index in [0.717, 1.165) is 23.7 Å². The smallest absolute Gasteiger partial charge is 0.115 e. The highest BCUT2D eigenvalue weighted by atomic mass is 32.1. The van der Waals surface area contributed by atoms with Gasteiger partial charge < -0.3 is 14.8 Å². The summed E-state index contributed by atoms with van der Waals surface area (Å²) in [5.74, 6) is 0. The Labute approximate surface area is 107 Å². The van der Waals surface area contributed by atoms with E-state index in [4.69, 9.17) is 9.47 Å². The molecule has 4 nitrogen and oxygen atoms in total. The van der Waals surface area contributed by atoms with E-state index in [1.54, 1.807) is 25.6 Å². The summed E-state index contributed by atoms with van der Waals surface area (Å²) in [7, 11) is 3.43. The van der Waals surface area contributed by atoms with Crippen molar-refractivity contribution in [3.8, 4) is 0 Å². The molecule has 5 heteroatoms. The molecule has 0 saturated carbocycles. The van der Waals surface area contributed by atoms with Crippen LogP contribution in [-0.2, 0) is 15.0 Å². The summed E-state index contributed by atoms with van der Waals surface area (Å²) >= 11 is 1.68. The first-order valence-corrected chi connectivity index (χ1v) is 6.72. The monoisotopic (exact) mass is 258 g/mol. The van der Waals surface area contributed by atoms with Crippen LogP contribution >= 0.6 is 11.3 Å². The average Bonchev–Trinajstić information content (AvgIpc) is 2.75. The van der Waals surface area contributed by atoms with Gasteiger partial charge in [0.15, 0.2) is 0 Å². The maximum Gasteiger partial charge on any atom is 0.115 e. The lowest BCUT2D eigenvalue weighted by Gasteiger charge is -2.31. The first kappa shape index (κ1) is 14.6. The topological polar surface area (TPSA) is 43.4 Å². The predicted molar refractivity (Wildman–Crippen MR) is 70.6 cm³/mol. The fraction of sp³-hybridized carbons (Fsp3) is 0.750. The van der Waals surface area contributed by atoms with Crippen molar-refractivity contribution in [3.05, 3.63) is 16.1 Å². The van der Waals surface area contributed by atoms with Crippen LogP contribution in [0.3, 0.4) is 0 Å². The van der Waals surface area contributed by atoms with E-state index in [1.807, 2.05) is 6.92 Å². The normalized spacial score (nSPS) is 14.8. The highest BCUT2D eigenvalue weighted by Gasteiger charge is 2.32. The Morgan fingerprint density at radius 3 is 2.65 bits per heavy atom. The van der Waals surface area contributed by atoms with Crippen molar-refractivity contribution in [1.82, 2.24) is 10.3 Å². The molecule has 0 aliphatic heterocycles. The zero-order chi connectivity index (χ0) is 12.7. The molecule has 98 valence electrons. The minimum atomic E-state index is -0.188. The molecular weight excluding hydrogens is 236 g/mol. The number of thiazole rings is 1. The summed E-state index contributed by atoms with van der Waals surface area (Å²) in [6.07, 6.45) is 0.942. The van der Waals surface area contributed by atoms with Crippen molar-refractivity contribution < 1.29 is 9.47 Å². The van der Waals surface area contributed by atoms with Crippen molar-refractivity contribution in [1.29, 1.82) is 0 Å². The molecule has 0 aliphatic carbocycles. The fourth-order valence-corrected chi connectivity index (χ4v) is 2.81. The van der Waals surface area contributed by atoms with Crippen molar-refractivity contribution in [3.63, 3.8) is 0 Å². The zero-order valence-electron chi connectivity index (χ0n) is 11.1. The first-order chi connectivity index (χ1) is 8.18. The van der Waals surface area contributed by atoms with Gasteiger partial charge in [0.1, 0.15) is 5.01 Å². The number of aryl methyl sites for hydroxylation is 1. The second-order valence-corrected chi connectivity index (χ2v) is 4.94. The molecule has 0 radical (unpaired) electrons. The summed E-state index contributed by atoms with van der Waals surface area (Å²) in [5, 5.41) is 6.68. The van der Waals surface area contributed by atoms with Gasteiger partial charge in [-0.25, -0.2) is 4.98 Å². The van der Waals surface area contributed by atoms with E-state index in [0.29, 0.717) is 13.2 Å². The molecule has 1 atom stereocenters. The summed E-state index contributed by atoms with van der Waals surface area (Å²) in [6, 6.07) is 0. The van der Waals surface area contributed by atoms with Gasteiger partial charge in [0.25, 0.3) is 0 Å². The third kappa shape index (κ3) is 3.74. The molecule has 1 rings (SSSR count). The molecule has 1 N–H and O–H groups in total. The summed E-state index contributed by atoms with van der Waals surface area (Å²) in [5.41, 5.74) is 0.874. The SMILES string of the molecule is CCC(COC)(NCCOC)c1nc(C)cs1. The molecule has 1 unspecified atom stereocenters. The van der Waals surface area contributed by atoms with Crippen LogP contribution in [0.4, 0.5) is 0 Å². The fourth-order valence-electron chi connectivity index (χ4n) is 1.78. The Bertz CT molecular complexity index is 330. The highest BCUT2D eigenvalue weighted by Crippen LogP contribution is 2.28. The van der Waals surface area contributed by atoms with Crippen LogP contribution in [-0.4, -0.2) is 39.0 Å². The largest absolute Gasteiger partial charge is 0.383 e. The molecule has 0 fully saturated rings. The molecule has 1 aromatic rings. The zero-order valence-corrected chi connectivity index (χ0v) is 11.9. The number of nitrogens with zero attached hydrogens (tertiary/aromatic N) is 1. The molecular formula is C12H22N2O2S. The van der Waals surface area contributed by atoms with E-state index in [9.17, 15) is 0 Å². The van der Waals surface area contributed by atoms with Crippen LogP contribution < -0.4 is 5.32 Å². The molecule has 0 aromatic carbocycles. The number of hydrogen-bond acceptors (Lipinski definition) is 5. The number of nitrogens with one attached hydrogen (secondary N) is 1. The van der Waals surface area contributed by atoms with Crippen LogP contribution in [0, 0.1) is 6.92 Å². The minimum Gasteiger partial charge on any atom is -0.383 e. The van der Waals surface area contributed by atoms with E-state index in [1.165, 1.54) is 0 Å². The van der Waals surface area contributed by atoms with Crippen molar-refractivity contribution >= 4 is 11.3 Å². The van der Waals surface area contributed by atoms with Crippen LogP contribution in [0.25, 0.3) is 0 Å². The summed E-state index contributed by atoms with van der Waals surface area (Å²) in [6.45, 7) is 6.28. The Morgan fingerprint density at radius 2 is 2.18 bits per heavy atom. The van der Waals surface area contributed by atoms with Crippen LogP contribution in [0.5, 0.6) is 0 Å². The number of methoxy groups -OCH3 is 2. The predicted octanol–water partition coefficient (Wildman–Crippen LogP) is 1.94. The molecule has 1 aromatic heterocycles. The van der Waals surface area contributed by atoms with Crippen molar-refractivity contribution in [2.75, 3.05) is 34.0 Å². The lowest BCUT2D eigenvalue weighted by atomic mass is 9.98. The lowest BCUT2D eigenvalue weighted by Crippen LogP contribution is -2.47.